The van der Waals surface area contributed by atoms with Crippen LogP contribution in [0.4, 0.5) is 0 Å². The van der Waals surface area contributed by atoms with Gasteiger partial charge in [0.15, 0.2) is 6.29 Å². The van der Waals surface area contributed by atoms with Crippen LogP contribution in [0.15, 0.2) is 70.6 Å². The molecule has 27 heavy (non-hydrogen) atoms. The Morgan fingerprint density at radius 2 is 1.63 bits per heavy atom. The summed E-state index contributed by atoms with van der Waals surface area (Å²) in [7, 11) is 0. The lowest BCUT2D eigenvalue weighted by molar-refractivity contribution is 0.233. The van der Waals surface area contributed by atoms with Gasteiger partial charge in [-0.3, -0.25) is 5.73 Å². The van der Waals surface area contributed by atoms with Gasteiger partial charge in [-0.2, -0.15) is 4.99 Å². The molecule has 6 heteroatoms. The maximum Gasteiger partial charge on any atom is 0.224 e. The molecule has 1 aliphatic rings. The molecule has 0 amide bonds. The van der Waals surface area contributed by atoms with Crippen LogP contribution in [0.2, 0.25) is 0 Å². The van der Waals surface area contributed by atoms with Gasteiger partial charge < -0.3 is 16.0 Å². The summed E-state index contributed by atoms with van der Waals surface area (Å²) in [6.07, 6.45) is 0.291. The van der Waals surface area contributed by atoms with E-state index in [0.29, 0.717) is 24.4 Å². The second-order valence-electron chi connectivity index (χ2n) is 6.77. The van der Waals surface area contributed by atoms with Gasteiger partial charge in [0.1, 0.15) is 0 Å². The summed E-state index contributed by atoms with van der Waals surface area (Å²) in [5.74, 6) is 1.21. The Morgan fingerprint density at radius 1 is 1.04 bits per heavy atom. The summed E-state index contributed by atoms with van der Waals surface area (Å²) in [5.41, 5.74) is 15.0. The lowest BCUT2D eigenvalue weighted by Crippen LogP contribution is -2.54. The van der Waals surface area contributed by atoms with Crippen LogP contribution in [0.25, 0.3) is 0 Å². The first-order valence-corrected chi connectivity index (χ1v) is 9.39. The molecule has 0 spiro atoms. The highest BCUT2D eigenvalue weighted by atomic mass is 15.4. The van der Waals surface area contributed by atoms with E-state index in [1.807, 2.05) is 41.3 Å². The molecule has 2 aromatic rings. The summed E-state index contributed by atoms with van der Waals surface area (Å²) in [5, 5.41) is 3.27. The van der Waals surface area contributed by atoms with Crippen molar-refractivity contribution in [2.24, 2.45) is 21.5 Å². The Bertz CT molecular complexity index is 787. The number of hydrogen-bond acceptors (Lipinski definition) is 6. The van der Waals surface area contributed by atoms with E-state index in [4.69, 9.17) is 11.5 Å². The van der Waals surface area contributed by atoms with Gasteiger partial charge >= 0.3 is 0 Å². The quantitative estimate of drug-likeness (QED) is 0.735. The zero-order chi connectivity index (χ0) is 19.2. The molecule has 0 aliphatic carbocycles. The predicted octanol–water partition coefficient (Wildman–Crippen LogP) is 2.76. The van der Waals surface area contributed by atoms with Gasteiger partial charge in [0, 0.05) is 6.54 Å². The summed E-state index contributed by atoms with van der Waals surface area (Å²) in [6.45, 7) is 4.98. The zero-order valence-electron chi connectivity index (χ0n) is 15.9. The van der Waals surface area contributed by atoms with Crippen LogP contribution in [0.1, 0.15) is 43.4 Å². The van der Waals surface area contributed by atoms with Crippen molar-refractivity contribution in [3.63, 3.8) is 0 Å². The van der Waals surface area contributed by atoms with Crippen LogP contribution in [0, 0.1) is 0 Å². The molecule has 0 saturated heterocycles. The van der Waals surface area contributed by atoms with Crippen molar-refractivity contribution in [1.82, 2.24) is 10.2 Å². The molecule has 142 valence electrons. The van der Waals surface area contributed by atoms with Crippen LogP contribution in [-0.4, -0.2) is 29.7 Å². The van der Waals surface area contributed by atoms with Crippen molar-refractivity contribution >= 4 is 11.9 Å². The third-order valence-corrected chi connectivity index (χ3v) is 4.87. The third kappa shape index (κ3) is 4.46. The highest BCUT2D eigenvalue weighted by Crippen LogP contribution is 2.26. The highest BCUT2D eigenvalue weighted by Gasteiger charge is 2.29. The van der Waals surface area contributed by atoms with Crippen molar-refractivity contribution in [3.8, 4) is 0 Å². The molecule has 2 aromatic carbocycles. The van der Waals surface area contributed by atoms with E-state index in [-0.39, 0.29) is 6.04 Å². The first-order chi connectivity index (χ1) is 13.1. The number of benzene rings is 2. The van der Waals surface area contributed by atoms with Gasteiger partial charge in [0.05, 0.1) is 6.04 Å². The smallest absolute Gasteiger partial charge is 0.224 e. The van der Waals surface area contributed by atoms with Gasteiger partial charge in [-0.25, -0.2) is 4.99 Å². The summed E-state index contributed by atoms with van der Waals surface area (Å²) in [4.78, 5) is 10.8. The zero-order valence-corrected chi connectivity index (χ0v) is 15.9. The average Bonchev–Trinajstić information content (AvgIpc) is 2.70. The van der Waals surface area contributed by atoms with E-state index in [9.17, 15) is 0 Å². The number of nitrogens with zero attached hydrogens (tertiary/aromatic N) is 3. The van der Waals surface area contributed by atoms with Crippen molar-refractivity contribution < 1.29 is 0 Å². The SMILES string of the molecule is CC[C@@H](c1ccccc1)N1C(N)=NC(NCC(C)c2ccccc2)=NC1N. The molecular weight excluding hydrogens is 336 g/mol. The largest absolute Gasteiger partial charge is 0.369 e. The molecular formula is C21H28N6. The molecule has 0 saturated carbocycles. The molecule has 0 bridgehead atoms. The van der Waals surface area contributed by atoms with E-state index >= 15 is 0 Å². The lowest BCUT2D eigenvalue weighted by atomic mass is 10.0. The van der Waals surface area contributed by atoms with E-state index < -0.39 is 6.29 Å². The normalized spacial score (nSPS) is 19.1. The highest BCUT2D eigenvalue weighted by molar-refractivity contribution is 5.96. The molecule has 5 N–H and O–H groups in total. The summed E-state index contributed by atoms with van der Waals surface area (Å²) >= 11 is 0. The Labute approximate surface area is 161 Å². The molecule has 0 fully saturated rings. The van der Waals surface area contributed by atoms with E-state index in [2.05, 4.69) is 53.4 Å². The van der Waals surface area contributed by atoms with Crippen molar-refractivity contribution in [1.29, 1.82) is 0 Å². The number of guanidine groups is 2. The van der Waals surface area contributed by atoms with E-state index in [0.717, 1.165) is 12.0 Å². The van der Waals surface area contributed by atoms with Gasteiger partial charge in [-0.05, 0) is 23.5 Å². The fraction of sp³-hybridized carbons (Fsp3) is 0.333. The lowest BCUT2D eigenvalue weighted by Gasteiger charge is -2.37. The molecule has 0 radical (unpaired) electrons. The van der Waals surface area contributed by atoms with Crippen molar-refractivity contribution in [2.45, 2.75) is 38.5 Å². The molecule has 1 heterocycles. The minimum Gasteiger partial charge on any atom is -0.369 e. The number of nitrogens with two attached hydrogens (primary N) is 2. The fourth-order valence-corrected chi connectivity index (χ4v) is 3.36. The first-order valence-electron chi connectivity index (χ1n) is 9.39. The van der Waals surface area contributed by atoms with Crippen LogP contribution in [0.3, 0.4) is 0 Å². The van der Waals surface area contributed by atoms with E-state index in [1.165, 1.54) is 5.56 Å². The van der Waals surface area contributed by atoms with Crippen LogP contribution in [0.5, 0.6) is 0 Å². The predicted molar refractivity (Wildman–Crippen MR) is 111 cm³/mol. The number of hydrogen-bond donors (Lipinski definition) is 3. The third-order valence-electron chi connectivity index (χ3n) is 4.87. The second kappa shape index (κ2) is 8.68. The van der Waals surface area contributed by atoms with Crippen LogP contribution >= 0.6 is 0 Å². The second-order valence-corrected chi connectivity index (χ2v) is 6.77. The van der Waals surface area contributed by atoms with Gasteiger partial charge in [-0.15, -0.1) is 0 Å². The van der Waals surface area contributed by atoms with Crippen LogP contribution < -0.4 is 16.8 Å². The monoisotopic (exact) mass is 364 g/mol. The fourth-order valence-electron chi connectivity index (χ4n) is 3.36. The van der Waals surface area contributed by atoms with Crippen LogP contribution in [-0.2, 0) is 0 Å². The standard InChI is InChI=1S/C21H28N6/c1-3-18(17-12-8-5-9-13-17)27-19(22)25-21(26-20(27)23)24-14-15(2)16-10-6-4-7-11-16/h4-13,15,18-19H,3,14,22H2,1-2H3,(H3,23,24,25,26)/t15?,18-,19?/m0/s1. The Balaban J connectivity index is 1.68. The Kier molecular flexibility index (Phi) is 6.08. The topological polar surface area (TPSA) is 92.0 Å². The molecule has 2 unspecified atom stereocenters. The number of aliphatic imine (C=N–C) groups is 2. The van der Waals surface area contributed by atoms with Gasteiger partial charge in [-0.1, -0.05) is 74.5 Å². The maximum absolute atomic E-state index is 6.33. The Morgan fingerprint density at radius 3 is 2.19 bits per heavy atom. The summed E-state index contributed by atoms with van der Waals surface area (Å²) in [6, 6.07) is 20.6. The first kappa shape index (κ1) is 18.9. The number of nitrogens with one attached hydrogen (secondary N) is 1. The number of rotatable bonds is 6. The van der Waals surface area contributed by atoms with Gasteiger partial charge in [0.25, 0.3) is 0 Å². The molecule has 6 nitrogen and oxygen atoms in total. The maximum atomic E-state index is 6.33. The average molecular weight is 364 g/mol. The van der Waals surface area contributed by atoms with Crippen molar-refractivity contribution in [2.75, 3.05) is 6.54 Å². The molecule has 1 aliphatic heterocycles. The minimum absolute atomic E-state index is 0.0403. The molecule has 3 atom stereocenters. The Hall–Kier alpha value is -2.86. The molecule has 3 rings (SSSR count). The summed E-state index contributed by atoms with van der Waals surface area (Å²) < 4.78 is 0. The van der Waals surface area contributed by atoms with E-state index in [1.54, 1.807) is 0 Å². The minimum atomic E-state index is -0.567. The van der Waals surface area contributed by atoms with Gasteiger partial charge in [0.2, 0.25) is 11.9 Å². The molecule has 0 aromatic heterocycles. The van der Waals surface area contributed by atoms with Crippen molar-refractivity contribution in [3.05, 3.63) is 71.8 Å².